The summed E-state index contributed by atoms with van der Waals surface area (Å²) in [6.45, 7) is 4.90. The van der Waals surface area contributed by atoms with E-state index >= 15 is 0 Å². The van der Waals surface area contributed by atoms with Crippen molar-refractivity contribution in [2.45, 2.75) is 6.92 Å². The Balaban J connectivity index is 1.42. The van der Waals surface area contributed by atoms with Gasteiger partial charge in [0.1, 0.15) is 5.69 Å². The molecule has 3 aromatic rings. The standard InChI is InChI=1S/C19H20N4O2S/c1-12-11-26-16-10-15(21-17(12)16)19(25)23-8-6-22(7-9-23)14-4-2-13(3-5-14)18(20)24/h2-5,10-11,21H,6-9H2,1H3,(H2,20,24). The first-order valence-electron chi connectivity index (χ1n) is 8.54. The maximum Gasteiger partial charge on any atom is 0.270 e. The Kier molecular flexibility index (Phi) is 4.16. The normalized spacial score (nSPS) is 14.8. The van der Waals surface area contributed by atoms with E-state index < -0.39 is 5.91 Å². The summed E-state index contributed by atoms with van der Waals surface area (Å²) in [4.78, 5) is 31.3. The summed E-state index contributed by atoms with van der Waals surface area (Å²) in [6.07, 6.45) is 0. The maximum atomic E-state index is 12.8. The Hall–Kier alpha value is -2.80. The number of benzene rings is 1. The lowest BCUT2D eigenvalue weighted by Gasteiger charge is -2.36. The Morgan fingerprint density at radius 2 is 1.81 bits per heavy atom. The SMILES string of the molecule is Cc1csc2cc(C(=O)N3CCN(c4ccc(C(N)=O)cc4)CC3)[nH]c12. The van der Waals surface area contributed by atoms with Crippen LogP contribution in [0.4, 0.5) is 5.69 Å². The monoisotopic (exact) mass is 368 g/mol. The summed E-state index contributed by atoms with van der Waals surface area (Å²) in [6, 6.07) is 9.23. The summed E-state index contributed by atoms with van der Waals surface area (Å²) >= 11 is 1.66. The van der Waals surface area contributed by atoms with Gasteiger partial charge in [0.15, 0.2) is 0 Å². The number of fused-ring (bicyclic) bond motifs is 1. The molecule has 0 radical (unpaired) electrons. The molecule has 0 atom stereocenters. The zero-order valence-corrected chi connectivity index (χ0v) is 15.3. The van der Waals surface area contributed by atoms with E-state index in [9.17, 15) is 9.59 Å². The van der Waals surface area contributed by atoms with Crippen molar-refractivity contribution in [2.24, 2.45) is 5.73 Å². The van der Waals surface area contributed by atoms with Crippen molar-refractivity contribution in [2.75, 3.05) is 31.1 Å². The molecule has 0 spiro atoms. The van der Waals surface area contributed by atoms with Crippen LogP contribution in [0.1, 0.15) is 26.4 Å². The number of piperazine rings is 1. The van der Waals surface area contributed by atoms with Crippen molar-refractivity contribution < 1.29 is 9.59 Å². The van der Waals surface area contributed by atoms with Crippen molar-refractivity contribution in [3.05, 3.63) is 52.5 Å². The molecule has 0 saturated carbocycles. The number of aromatic nitrogens is 1. The van der Waals surface area contributed by atoms with Crippen LogP contribution < -0.4 is 10.6 Å². The first-order chi connectivity index (χ1) is 12.5. The van der Waals surface area contributed by atoms with Crippen LogP contribution in [0.5, 0.6) is 0 Å². The van der Waals surface area contributed by atoms with Gasteiger partial charge in [-0.1, -0.05) is 0 Å². The number of carbonyl (C=O) groups is 2. The fraction of sp³-hybridized carbons (Fsp3) is 0.263. The molecule has 0 bridgehead atoms. The van der Waals surface area contributed by atoms with Crippen molar-refractivity contribution in [3.63, 3.8) is 0 Å². The summed E-state index contributed by atoms with van der Waals surface area (Å²) in [5.74, 6) is -0.371. The third-order valence-electron chi connectivity index (χ3n) is 4.85. The summed E-state index contributed by atoms with van der Waals surface area (Å²) in [7, 11) is 0. The topological polar surface area (TPSA) is 82.4 Å². The second-order valence-corrected chi connectivity index (χ2v) is 7.44. The lowest BCUT2D eigenvalue weighted by molar-refractivity contribution is 0.0741. The number of carbonyl (C=O) groups excluding carboxylic acids is 2. The highest BCUT2D eigenvalue weighted by Crippen LogP contribution is 2.26. The zero-order chi connectivity index (χ0) is 18.3. The van der Waals surface area contributed by atoms with Crippen LogP contribution in [0, 0.1) is 6.92 Å². The molecule has 1 saturated heterocycles. The number of H-pyrrole nitrogens is 1. The molecule has 7 heteroatoms. The molecule has 1 aliphatic heterocycles. The van der Waals surface area contributed by atoms with Gasteiger partial charge in [-0.05, 0) is 48.2 Å². The fourth-order valence-corrected chi connectivity index (χ4v) is 4.26. The van der Waals surface area contributed by atoms with E-state index in [1.165, 1.54) is 5.56 Å². The molecule has 4 rings (SSSR count). The smallest absolute Gasteiger partial charge is 0.270 e. The van der Waals surface area contributed by atoms with E-state index in [1.807, 2.05) is 30.0 Å². The Bertz CT molecular complexity index is 965. The van der Waals surface area contributed by atoms with Crippen LogP contribution in [0.25, 0.3) is 10.2 Å². The second-order valence-electron chi connectivity index (χ2n) is 6.53. The predicted molar refractivity (Wildman–Crippen MR) is 104 cm³/mol. The number of amides is 2. The van der Waals surface area contributed by atoms with Crippen molar-refractivity contribution in [3.8, 4) is 0 Å². The summed E-state index contributed by atoms with van der Waals surface area (Å²) in [5.41, 5.74) is 9.72. The van der Waals surface area contributed by atoms with Gasteiger partial charge in [0.25, 0.3) is 5.91 Å². The first-order valence-corrected chi connectivity index (χ1v) is 9.42. The van der Waals surface area contributed by atoms with Gasteiger partial charge in [-0.2, -0.15) is 0 Å². The molecule has 3 heterocycles. The van der Waals surface area contributed by atoms with Gasteiger partial charge in [0.2, 0.25) is 5.91 Å². The van der Waals surface area contributed by atoms with Gasteiger partial charge in [-0.15, -0.1) is 11.3 Å². The second kappa shape index (κ2) is 6.49. The van der Waals surface area contributed by atoms with E-state index in [2.05, 4.69) is 15.3 Å². The molecule has 0 aliphatic carbocycles. The van der Waals surface area contributed by atoms with Gasteiger partial charge in [-0.25, -0.2) is 0 Å². The van der Waals surface area contributed by atoms with E-state index in [0.717, 1.165) is 29.0 Å². The quantitative estimate of drug-likeness (QED) is 0.745. The molecule has 26 heavy (non-hydrogen) atoms. The molecular weight excluding hydrogens is 348 g/mol. The van der Waals surface area contributed by atoms with E-state index in [0.29, 0.717) is 24.3 Å². The highest BCUT2D eigenvalue weighted by atomic mass is 32.1. The highest BCUT2D eigenvalue weighted by Gasteiger charge is 2.24. The Morgan fingerprint density at radius 1 is 1.12 bits per heavy atom. The van der Waals surface area contributed by atoms with E-state index in [4.69, 9.17) is 5.73 Å². The number of aryl methyl sites for hydroxylation is 1. The average molecular weight is 368 g/mol. The van der Waals surface area contributed by atoms with Crippen LogP contribution in [-0.4, -0.2) is 47.9 Å². The molecule has 134 valence electrons. The molecule has 1 aromatic carbocycles. The van der Waals surface area contributed by atoms with Crippen LogP contribution in [0.3, 0.4) is 0 Å². The minimum absolute atomic E-state index is 0.0523. The number of hydrogen-bond donors (Lipinski definition) is 2. The minimum atomic E-state index is -0.423. The van der Waals surface area contributed by atoms with Gasteiger partial charge in [-0.3, -0.25) is 9.59 Å². The van der Waals surface area contributed by atoms with Gasteiger partial charge >= 0.3 is 0 Å². The number of primary amides is 1. The van der Waals surface area contributed by atoms with E-state index in [1.54, 1.807) is 23.5 Å². The average Bonchev–Trinajstić information content (AvgIpc) is 3.24. The number of thiophene rings is 1. The molecule has 2 aromatic heterocycles. The van der Waals surface area contributed by atoms with Crippen LogP contribution in [0.15, 0.2) is 35.7 Å². The van der Waals surface area contributed by atoms with Crippen molar-refractivity contribution >= 4 is 39.1 Å². The van der Waals surface area contributed by atoms with E-state index in [-0.39, 0.29) is 5.91 Å². The summed E-state index contributed by atoms with van der Waals surface area (Å²) in [5, 5.41) is 2.09. The Labute approximate surface area is 155 Å². The molecule has 2 amide bonds. The molecule has 1 aliphatic rings. The highest BCUT2D eigenvalue weighted by molar-refractivity contribution is 7.17. The van der Waals surface area contributed by atoms with Crippen LogP contribution >= 0.6 is 11.3 Å². The fourth-order valence-electron chi connectivity index (χ4n) is 3.32. The third kappa shape index (κ3) is 2.94. The number of nitrogens with zero attached hydrogens (tertiary/aromatic N) is 2. The van der Waals surface area contributed by atoms with Crippen LogP contribution in [0.2, 0.25) is 0 Å². The van der Waals surface area contributed by atoms with Gasteiger partial charge in [0, 0.05) is 37.4 Å². The minimum Gasteiger partial charge on any atom is -0.368 e. The third-order valence-corrected chi connectivity index (χ3v) is 5.90. The maximum absolute atomic E-state index is 12.8. The number of nitrogens with two attached hydrogens (primary N) is 1. The molecular formula is C19H20N4O2S. The lowest BCUT2D eigenvalue weighted by Crippen LogP contribution is -2.48. The number of rotatable bonds is 3. The largest absolute Gasteiger partial charge is 0.368 e. The van der Waals surface area contributed by atoms with Crippen molar-refractivity contribution in [1.82, 2.24) is 9.88 Å². The first kappa shape index (κ1) is 16.7. The number of aromatic amines is 1. The lowest BCUT2D eigenvalue weighted by atomic mass is 10.1. The van der Waals surface area contributed by atoms with Gasteiger partial charge < -0.3 is 20.5 Å². The van der Waals surface area contributed by atoms with Gasteiger partial charge in [0.05, 0.1) is 10.2 Å². The number of hydrogen-bond acceptors (Lipinski definition) is 4. The predicted octanol–water partition coefficient (Wildman–Crippen LogP) is 2.60. The molecule has 3 N–H and O–H groups in total. The molecule has 6 nitrogen and oxygen atoms in total. The number of anilines is 1. The Morgan fingerprint density at radius 3 is 2.42 bits per heavy atom. The molecule has 1 fully saturated rings. The van der Waals surface area contributed by atoms with Crippen molar-refractivity contribution in [1.29, 1.82) is 0 Å². The summed E-state index contributed by atoms with van der Waals surface area (Å²) < 4.78 is 1.12. The van der Waals surface area contributed by atoms with Crippen LogP contribution in [-0.2, 0) is 0 Å². The zero-order valence-electron chi connectivity index (χ0n) is 14.5. The molecule has 0 unspecified atom stereocenters. The number of nitrogens with one attached hydrogen (secondary N) is 1.